The van der Waals surface area contributed by atoms with Gasteiger partial charge in [-0.1, -0.05) is 19.8 Å². The van der Waals surface area contributed by atoms with E-state index >= 15 is 0 Å². The van der Waals surface area contributed by atoms with Crippen LogP contribution in [0.25, 0.3) is 0 Å². The van der Waals surface area contributed by atoms with Crippen molar-refractivity contribution < 1.29 is 9.84 Å². The van der Waals surface area contributed by atoms with Crippen molar-refractivity contribution in [2.45, 2.75) is 45.1 Å². The lowest BCUT2D eigenvalue weighted by atomic mass is 10.1. The summed E-state index contributed by atoms with van der Waals surface area (Å²) >= 11 is 0. The number of fused-ring (bicyclic) bond motifs is 1. The first-order valence-corrected chi connectivity index (χ1v) is 6.91. The highest BCUT2D eigenvalue weighted by Gasteiger charge is 2.20. The van der Waals surface area contributed by atoms with Gasteiger partial charge in [-0.25, -0.2) is 4.98 Å². The van der Waals surface area contributed by atoms with Crippen molar-refractivity contribution in [3.05, 3.63) is 5.69 Å². The number of anilines is 2. The summed E-state index contributed by atoms with van der Waals surface area (Å²) in [4.78, 5) is 8.41. The highest BCUT2D eigenvalue weighted by atomic mass is 16.5. The summed E-state index contributed by atoms with van der Waals surface area (Å²) in [6.45, 7) is 2.87. The van der Waals surface area contributed by atoms with Gasteiger partial charge in [-0.3, -0.25) is 0 Å². The molecule has 1 aromatic rings. The summed E-state index contributed by atoms with van der Waals surface area (Å²) in [5.41, 5.74) is 6.57. The maximum Gasteiger partial charge on any atom is 0.222 e. The molecule has 2 heterocycles. The SMILES string of the molecule is CCCC[C@H](CO)Nc1nc(N)nc2c1OCCC2. The highest BCUT2D eigenvalue weighted by molar-refractivity contribution is 5.56. The molecule has 0 saturated carbocycles. The summed E-state index contributed by atoms with van der Waals surface area (Å²) < 4.78 is 5.63. The van der Waals surface area contributed by atoms with Gasteiger partial charge in [0.05, 0.1) is 24.9 Å². The average Bonchev–Trinajstić information content (AvgIpc) is 2.43. The van der Waals surface area contributed by atoms with Crippen molar-refractivity contribution >= 4 is 11.8 Å². The summed E-state index contributed by atoms with van der Waals surface area (Å²) in [5.74, 6) is 1.55. The van der Waals surface area contributed by atoms with Gasteiger partial charge in [0, 0.05) is 0 Å². The zero-order chi connectivity index (χ0) is 13.7. The number of nitrogen functional groups attached to an aromatic ring is 1. The van der Waals surface area contributed by atoms with E-state index in [2.05, 4.69) is 22.2 Å². The van der Waals surface area contributed by atoms with E-state index in [0.717, 1.165) is 37.8 Å². The Balaban J connectivity index is 2.16. The lowest BCUT2D eigenvalue weighted by molar-refractivity contribution is 0.264. The Labute approximate surface area is 113 Å². The highest BCUT2D eigenvalue weighted by Crippen LogP contribution is 2.31. The largest absolute Gasteiger partial charge is 0.488 e. The number of aliphatic hydroxyl groups is 1. The molecule has 1 atom stereocenters. The first-order chi connectivity index (χ1) is 9.24. The van der Waals surface area contributed by atoms with Gasteiger partial charge in [0.1, 0.15) is 0 Å². The van der Waals surface area contributed by atoms with E-state index < -0.39 is 0 Å². The van der Waals surface area contributed by atoms with Crippen LogP contribution in [0, 0.1) is 0 Å². The van der Waals surface area contributed by atoms with Crippen LogP contribution >= 0.6 is 0 Å². The van der Waals surface area contributed by atoms with Crippen LogP contribution in [-0.4, -0.2) is 34.3 Å². The molecule has 0 unspecified atom stereocenters. The fraction of sp³-hybridized carbons (Fsp3) is 0.692. The minimum absolute atomic E-state index is 0.0242. The van der Waals surface area contributed by atoms with Crippen molar-refractivity contribution in [3.63, 3.8) is 0 Å². The van der Waals surface area contributed by atoms with Crippen molar-refractivity contribution in [1.29, 1.82) is 0 Å². The smallest absolute Gasteiger partial charge is 0.222 e. The molecule has 2 rings (SSSR count). The zero-order valence-electron chi connectivity index (χ0n) is 11.4. The second-order valence-corrected chi connectivity index (χ2v) is 4.82. The maximum atomic E-state index is 9.41. The van der Waals surface area contributed by atoms with Crippen LogP contribution in [0.3, 0.4) is 0 Å². The Bertz CT molecular complexity index is 425. The minimum atomic E-state index is -0.0242. The number of rotatable bonds is 6. The molecule has 0 fully saturated rings. The quantitative estimate of drug-likeness (QED) is 0.719. The molecular formula is C13H22N4O2. The number of aliphatic hydroxyl groups excluding tert-OH is 1. The van der Waals surface area contributed by atoms with E-state index in [4.69, 9.17) is 10.5 Å². The third kappa shape index (κ3) is 3.47. The van der Waals surface area contributed by atoms with E-state index in [1.54, 1.807) is 0 Å². The van der Waals surface area contributed by atoms with E-state index in [-0.39, 0.29) is 18.6 Å². The molecule has 1 aliphatic rings. The number of aromatic nitrogens is 2. The Kier molecular flexibility index (Phi) is 4.79. The molecule has 4 N–H and O–H groups in total. The van der Waals surface area contributed by atoms with Gasteiger partial charge in [0.25, 0.3) is 0 Å². The molecule has 1 aromatic heterocycles. The molecule has 0 saturated heterocycles. The third-order valence-electron chi connectivity index (χ3n) is 3.22. The maximum absolute atomic E-state index is 9.41. The molecular weight excluding hydrogens is 244 g/mol. The topological polar surface area (TPSA) is 93.3 Å². The monoisotopic (exact) mass is 266 g/mol. The second kappa shape index (κ2) is 6.56. The number of hydrogen-bond acceptors (Lipinski definition) is 6. The Morgan fingerprint density at radius 3 is 3.05 bits per heavy atom. The number of nitrogens with zero attached hydrogens (tertiary/aromatic N) is 2. The number of hydrogen-bond donors (Lipinski definition) is 3. The van der Waals surface area contributed by atoms with Crippen LogP contribution in [0.15, 0.2) is 0 Å². The standard InChI is InChI=1S/C13H22N4O2/c1-2-3-5-9(8-18)15-12-11-10(6-4-7-19-11)16-13(14)17-12/h9,18H,2-8H2,1H3,(H3,14,15,16,17)/t9-/m1/s1. The Morgan fingerprint density at radius 2 is 2.32 bits per heavy atom. The minimum Gasteiger partial charge on any atom is -0.488 e. The van der Waals surface area contributed by atoms with E-state index in [9.17, 15) is 5.11 Å². The number of aryl methyl sites for hydroxylation is 1. The van der Waals surface area contributed by atoms with Crippen LogP contribution < -0.4 is 15.8 Å². The number of unbranched alkanes of at least 4 members (excludes halogenated alkanes) is 1. The van der Waals surface area contributed by atoms with Gasteiger partial charge in [0.2, 0.25) is 5.95 Å². The predicted octanol–water partition coefficient (Wildman–Crippen LogP) is 1.35. The fourth-order valence-electron chi connectivity index (χ4n) is 2.20. The summed E-state index contributed by atoms with van der Waals surface area (Å²) in [6.07, 6.45) is 4.85. The summed E-state index contributed by atoms with van der Waals surface area (Å²) in [5, 5.41) is 12.6. The molecule has 6 nitrogen and oxygen atoms in total. The Hall–Kier alpha value is -1.56. The van der Waals surface area contributed by atoms with Gasteiger partial charge < -0.3 is 20.9 Å². The average molecular weight is 266 g/mol. The first kappa shape index (κ1) is 13.9. The molecule has 0 spiro atoms. The number of nitrogens with one attached hydrogen (secondary N) is 1. The van der Waals surface area contributed by atoms with Crippen molar-refractivity contribution in [2.75, 3.05) is 24.3 Å². The van der Waals surface area contributed by atoms with E-state index in [1.807, 2.05) is 0 Å². The van der Waals surface area contributed by atoms with Crippen molar-refractivity contribution in [3.8, 4) is 5.75 Å². The molecule has 0 radical (unpaired) electrons. The van der Waals surface area contributed by atoms with Gasteiger partial charge in [-0.2, -0.15) is 4.98 Å². The van der Waals surface area contributed by atoms with Gasteiger partial charge in [-0.05, 0) is 19.3 Å². The molecule has 6 heteroatoms. The second-order valence-electron chi connectivity index (χ2n) is 4.82. The lowest BCUT2D eigenvalue weighted by Gasteiger charge is -2.23. The summed E-state index contributed by atoms with van der Waals surface area (Å²) in [7, 11) is 0. The Morgan fingerprint density at radius 1 is 1.47 bits per heavy atom. The van der Waals surface area contributed by atoms with E-state index in [0.29, 0.717) is 18.2 Å². The zero-order valence-corrected chi connectivity index (χ0v) is 11.4. The lowest BCUT2D eigenvalue weighted by Crippen LogP contribution is -2.26. The normalized spacial score (nSPS) is 15.5. The molecule has 106 valence electrons. The first-order valence-electron chi connectivity index (χ1n) is 6.91. The fourth-order valence-corrected chi connectivity index (χ4v) is 2.20. The van der Waals surface area contributed by atoms with Crippen LogP contribution in [-0.2, 0) is 6.42 Å². The number of ether oxygens (including phenoxy) is 1. The van der Waals surface area contributed by atoms with Gasteiger partial charge in [0.15, 0.2) is 11.6 Å². The van der Waals surface area contributed by atoms with Crippen molar-refractivity contribution in [2.24, 2.45) is 0 Å². The predicted molar refractivity (Wildman–Crippen MR) is 74.3 cm³/mol. The van der Waals surface area contributed by atoms with E-state index in [1.165, 1.54) is 0 Å². The molecule has 1 aliphatic heterocycles. The molecule has 19 heavy (non-hydrogen) atoms. The molecule has 0 aromatic carbocycles. The number of nitrogens with two attached hydrogens (primary N) is 1. The molecule has 0 bridgehead atoms. The van der Waals surface area contributed by atoms with Gasteiger partial charge in [-0.15, -0.1) is 0 Å². The van der Waals surface area contributed by atoms with Crippen LogP contribution in [0.2, 0.25) is 0 Å². The van der Waals surface area contributed by atoms with Crippen LogP contribution in [0.4, 0.5) is 11.8 Å². The molecule has 0 aliphatic carbocycles. The molecule has 0 amide bonds. The van der Waals surface area contributed by atoms with Gasteiger partial charge >= 0.3 is 0 Å². The van der Waals surface area contributed by atoms with Crippen molar-refractivity contribution in [1.82, 2.24) is 9.97 Å². The van der Waals surface area contributed by atoms with Crippen LogP contribution in [0.1, 0.15) is 38.3 Å². The third-order valence-corrected chi connectivity index (χ3v) is 3.22. The summed E-state index contributed by atoms with van der Waals surface area (Å²) in [6, 6.07) is -0.0242. The van der Waals surface area contributed by atoms with Crippen LogP contribution in [0.5, 0.6) is 5.75 Å².